The van der Waals surface area contributed by atoms with Crippen LogP contribution in [0.25, 0.3) is 22.3 Å². The van der Waals surface area contributed by atoms with Gasteiger partial charge in [-0.05, 0) is 137 Å². The van der Waals surface area contributed by atoms with Gasteiger partial charge in [0.1, 0.15) is 0 Å². The van der Waals surface area contributed by atoms with E-state index in [1.807, 2.05) is 0 Å². The van der Waals surface area contributed by atoms with Crippen LogP contribution in [-0.2, 0) is 23.2 Å². The second-order valence-corrected chi connectivity index (χ2v) is 23.5. The Bertz CT molecular complexity index is 4930. The number of fused-ring (bicyclic) bond motifs is 4. The average Bonchev–Trinajstić information content (AvgIpc) is 1.16. The molecule has 0 aromatic heterocycles. The molecule has 0 saturated carbocycles. The SMILES string of the molecule is Cc1ccc(-c2ccc(N3C(=O)c4ccc(C(c5ccc6c(c5)C(=O)N(c5ccc(-c7ccc(N8C(=O)c9ccc(C(c%10ccc%11c(c%10)C(=O)N(C)C%11=O)(C(F)(F)F)C(F)(F)F)cc9C8=O)cc7C(F)(F)F)c(C(F)(F)F)c5)C6=O)(C(F)(F)F)C(F)(F)F)cc4C3=O)cc2Cl)c(Cl)c1. The Hall–Kier alpha value is -10.4. The van der Waals surface area contributed by atoms with Crippen LogP contribution in [0, 0.1) is 6.92 Å². The van der Waals surface area contributed by atoms with Crippen LogP contribution >= 0.6 is 23.2 Å². The lowest BCUT2D eigenvalue weighted by Gasteiger charge is -2.38. The fourth-order valence-corrected chi connectivity index (χ4v) is 13.3. The number of anilines is 3. The van der Waals surface area contributed by atoms with E-state index in [9.17, 15) is 38.4 Å². The van der Waals surface area contributed by atoms with Crippen molar-refractivity contribution < 1.29 is 117 Å². The molecular formula is C66H30Cl2F18N4O8. The Kier molecular flexibility index (Phi) is 15.2. The first kappa shape index (κ1) is 67.6. The summed E-state index contributed by atoms with van der Waals surface area (Å²) in [5.74, 6) is -12.1. The molecule has 4 aliphatic rings. The van der Waals surface area contributed by atoms with Gasteiger partial charge in [-0.3, -0.25) is 43.3 Å². The zero-order valence-corrected chi connectivity index (χ0v) is 50.0. The van der Waals surface area contributed by atoms with Gasteiger partial charge in [-0.25, -0.2) is 14.7 Å². The van der Waals surface area contributed by atoms with Crippen LogP contribution in [0.5, 0.6) is 0 Å². The number of hydrogen-bond acceptors (Lipinski definition) is 8. The molecule has 12 nitrogen and oxygen atoms in total. The highest BCUT2D eigenvalue weighted by Gasteiger charge is 2.74. The molecule has 0 atom stereocenters. The average molecular weight is 1420 g/mol. The molecule has 8 amide bonds. The Balaban J connectivity index is 0.875. The lowest BCUT2D eigenvalue weighted by atomic mass is 9.71. The van der Waals surface area contributed by atoms with Crippen molar-refractivity contribution in [3.8, 4) is 22.3 Å². The first-order valence-corrected chi connectivity index (χ1v) is 28.5. The zero-order chi connectivity index (χ0) is 71.8. The number of aryl methyl sites for hydroxylation is 1. The van der Waals surface area contributed by atoms with Crippen molar-refractivity contribution in [2.45, 2.75) is 54.8 Å². The maximum Gasteiger partial charge on any atom is 0.417 e. The molecular weight excluding hydrogens is 1390 g/mol. The number of halogens is 20. The molecule has 0 aliphatic carbocycles. The summed E-state index contributed by atoms with van der Waals surface area (Å²) < 4.78 is 278. The van der Waals surface area contributed by atoms with Crippen molar-refractivity contribution in [1.82, 2.24) is 4.90 Å². The van der Waals surface area contributed by atoms with Crippen LogP contribution in [0.4, 0.5) is 96.1 Å². The smallest absolute Gasteiger partial charge is 0.277 e. The number of benzene rings is 8. The van der Waals surface area contributed by atoms with E-state index < -0.39 is 196 Å². The second-order valence-electron chi connectivity index (χ2n) is 22.6. The van der Waals surface area contributed by atoms with Gasteiger partial charge in [-0.1, -0.05) is 77.8 Å². The summed E-state index contributed by atoms with van der Waals surface area (Å²) >= 11 is 12.9. The first-order valence-electron chi connectivity index (χ1n) is 27.7. The molecule has 4 heterocycles. The summed E-state index contributed by atoms with van der Waals surface area (Å²) in [7, 11) is 0.884. The summed E-state index contributed by atoms with van der Waals surface area (Å²) in [4.78, 5) is 109. The molecule has 8 aromatic carbocycles. The minimum atomic E-state index is -6.50. The third kappa shape index (κ3) is 9.84. The molecule has 502 valence electrons. The summed E-state index contributed by atoms with van der Waals surface area (Å²) in [5.41, 5.74) is -33.7. The van der Waals surface area contributed by atoms with Crippen LogP contribution in [0.3, 0.4) is 0 Å². The molecule has 8 aromatic rings. The zero-order valence-electron chi connectivity index (χ0n) is 48.5. The Morgan fingerprint density at radius 1 is 0.276 bits per heavy atom. The fraction of sp³-hybridized carbons (Fsp3) is 0.152. The number of amides is 8. The topological polar surface area (TPSA) is 150 Å². The van der Waals surface area contributed by atoms with Crippen LogP contribution in [0.1, 0.15) is 122 Å². The van der Waals surface area contributed by atoms with E-state index in [-0.39, 0.29) is 98.3 Å². The van der Waals surface area contributed by atoms with Gasteiger partial charge in [-0.2, -0.15) is 79.0 Å². The highest BCUT2D eigenvalue weighted by atomic mass is 35.5. The van der Waals surface area contributed by atoms with Gasteiger partial charge >= 0.3 is 37.1 Å². The van der Waals surface area contributed by atoms with E-state index in [0.29, 0.717) is 57.3 Å². The molecule has 0 N–H and O–H groups in total. The largest absolute Gasteiger partial charge is 0.417 e. The summed E-state index contributed by atoms with van der Waals surface area (Å²) in [6.45, 7) is 1.74. The van der Waals surface area contributed by atoms with E-state index in [2.05, 4.69) is 0 Å². The monoisotopic (exact) mass is 1420 g/mol. The minimum Gasteiger partial charge on any atom is -0.277 e. The van der Waals surface area contributed by atoms with Gasteiger partial charge < -0.3 is 0 Å². The quantitative estimate of drug-likeness (QED) is 0.102. The molecule has 0 spiro atoms. The van der Waals surface area contributed by atoms with Crippen molar-refractivity contribution in [3.05, 3.63) is 239 Å². The van der Waals surface area contributed by atoms with Gasteiger partial charge in [0.2, 0.25) is 10.8 Å². The Labute approximate surface area is 545 Å². The van der Waals surface area contributed by atoms with Crippen molar-refractivity contribution in [2.75, 3.05) is 21.7 Å². The van der Waals surface area contributed by atoms with Crippen molar-refractivity contribution >= 4 is 87.5 Å². The highest BCUT2D eigenvalue weighted by Crippen LogP contribution is 2.60. The molecule has 0 bridgehead atoms. The third-order valence-corrected chi connectivity index (χ3v) is 17.9. The lowest BCUT2D eigenvalue weighted by molar-refractivity contribution is -0.290. The molecule has 12 rings (SSSR count). The predicted octanol–water partition coefficient (Wildman–Crippen LogP) is 17.1. The normalized spacial score (nSPS) is 15.5. The molecule has 4 aliphatic heterocycles. The van der Waals surface area contributed by atoms with Crippen molar-refractivity contribution in [1.29, 1.82) is 0 Å². The van der Waals surface area contributed by atoms with Gasteiger partial charge in [0, 0.05) is 23.2 Å². The van der Waals surface area contributed by atoms with Gasteiger partial charge in [0.15, 0.2) is 0 Å². The van der Waals surface area contributed by atoms with Crippen molar-refractivity contribution in [3.63, 3.8) is 0 Å². The predicted molar refractivity (Wildman–Crippen MR) is 310 cm³/mol. The standard InChI is InChI=1S/C66H30Cl2F18N4O8/c1-27-3-11-37(49(67)19-27)38-18-10-34(26-50(38)68)90-55(95)42-15-7-31(23-46(42)58(90)98)60(65(81,82)83,66(84,85)86)30-6-14-41-45(22-30)57(97)89(54(41)94)33-9-17-36(48(25-33)62(72,73)74)35-16-8-32(24-47(35)61(69,70)71)88-53(93)40-13-5-29(21-44(40)56(88)96)59(63(75,76)77,64(78,79)80)28-4-12-39-43(20-28)52(92)87(2)51(39)91/h3-26H,1-2H3. The maximum absolute atomic E-state index is 15.7. The van der Waals surface area contributed by atoms with Crippen LogP contribution in [-0.4, -0.2) is 83.9 Å². The number of nitrogens with zero attached hydrogens (tertiary/aromatic N) is 4. The number of hydrogen-bond donors (Lipinski definition) is 0. The Morgan fingerprint density at radius 3 is 0.816 bits per heavy atom. The van der Waals surface area contributed by atoms with E-state index in [1.165, 1.54) is 12.1 Å². The fourth-order valence-electron chi connectivity index (χ4n) is 12.7. The number of carbonyl (C=O) groups excluding carboxylic acids is 8. The summed E-state index contributed by atoms with van der Waals surface area (Å²) in [6.07, 6.45) is -37.5. The lowest BCUT2D eigenvalue weighted by Crippen LogP contribution is -2.55. The number of carbonyl (C=O) groups is 8. The number of imide groups is 4. The minimum absolute atomic E-state index is 0.0364. The summed E-state index contributed by atoms with van der Waals surface area (Å²) in [6, 6.07) is 12.1. The van der Waals surface area contributed by atoms with Crippen LogP contribution in [0.15, 0.2) is 146 Å². The Morgan fingerprint density at radius 2 is 0.520 bits per heavy atom. The number of rotatable bonds is 9. The molecule has 32 heteroatoms. The van der Waals surface area contributed by atoms with Crippen LogP contribution in [0.2, 0.25) is 10.0 Å². The van der Waals surface area contributed by atoms with Crippen molar-refractivity contribution in [2.24, 2.45) is 0 Å². The molecule has 0 radical (unpaired) electrons. The maximum atomic E-state index is 15.7. The summed E-state index contributed by atoms with van der Waals surface area (Å²) in [5, 5.41) is 0.141. The van der Waals surface area contributed by atoms with Crippen LogP contribution < -0.4 is 14.7 Å². The van der Waals surface area contributed by atoms with E-state index in [4.69, 9.17) is 23.2 Å². The third-order valence-electron chi connectivity index (χ3n) is 17.2. The number of alkyl halides is 18. The van der Waals surface area contributed by atoms with E-state index >= 15 is 79.0 Å². The molecule has 98 heavy (non-hydrogen) atoms. The van der Waals surface area contributed by atoms with Gasteiger partial charge in [0.25, 0.3) is 47.3 Å². The molecule has 0 unspecified atom stereocenters. The van der Waals surface area contributed by atoms with Gasteiger partial charge in [0.05, 0.1) is 77.7 Å². The van der Waals surface area contributed by atoms with E-state index in [1.54, 1.807) is 25.1 Å². The molecule has 0 saturated heterocycles. The molecule has 0 fully saturated rings. The van der Waals surface area contributed by atoms with Gasteiger partial charge in [-0.15, -0.1) is 0 Å². The highest BCUT2D eigenvalue weighted by molar-refractivity contribution is 6.39. The first-order chi connectivity index (χ1) is 45.4. The second kappa shape index (κ2) is 22.1. The van der Waals surface area contributed by atoms with E-state index in [0.717, 1.165) is 18.7 Å².